The van der Waals surface area contributed by atoms with Gasteiger partial charge in [0.2, 0.25) is 0 Å². The molecular formula is C20H21N9OS. The van der Waals surface area contributed by atoms with Crippen LogP contribution in [0, 0.1) is 11.3 Å². The predicted octanol–water partition coefficient (Wildman–Crippen LogP) is 2.14. The van der Waals surface area contributed by atoms with E-state index < -0.39 is 10.8 Å². The molecule has 0 saturated carbocycles. The van der Waals surface area contributed by atoms with Gasteiger partial charge >= 0.3 is 0 Å². The zero-order valence-corrected chi connectivity index (χ0v) is 18.2. The number of nitrogens with one attached hydrogen (secondary N) is 1. The van der Waals surface area contributed by atoms with E-state index in [-0.39, 0.29) is 6.04 Å². The van der Waals surface area contributed by atoms with Gasteiger partial charge in [-0.3, -0.25) is 8.89 Å². The number of nitrogens with zero attached hydrogens (tertiary/aromatic N) is 8. The topological polar surface area (TPSA) is 127 Å². The highest BCUT2D eigenvalue weighted by molar-refractivity contribution is 7.84. The first-order valence-corrected chi connectivity index (χ1v) is 11.4. The first-order valence-electron chi connectivity index (χ1n) is 9.66. The van der Waals surface area contributed by atoms with Gasteiger partial charge in [-0.15, -0.1) is 5.10 Å². The lowest BCUT2D eigenvalue weighted by atomic mass is 10.1. The molecule has 1 N–H and O–H groups in total. The second-order valence-electron chi connectivity index (χ2n) is 7.34. The van der Waals surface area contributed by atoms with Gasteiger partial charge in [0.25, 0.3) is 0 Å². The van der Waals surface area contributed by atoms with Gasteiger partial charge in [-0.2, -0.15) is 15.0 Å². The lowest BCUT2D eigenvalue weighted by molar-refractivity contribution is 0.622. The molecule has 0 aliphatic heterocycles. The van der Waals surface area contributed by atoms with E-state index in [0.29, 0.717) is 35.0 Å². The number of hydrogen-bond donors (Lipinski definition) is 1. The van der Waals surface area contributed by atoms with Crippen molar-refractivity contribution in [3.63, 3.8) is 0 Å². The van der Waals surface area contributed by atoms with Crippen LogP contribution in [0.2, 0.25) is 0 Å². The Labute approximate surface area is 181 Å². The largest absolute Gasteiger partial charge is 0.382 e. The lowest BCUT2D eigenvalue weighted by Gasteiger charge is -2.14. The Kier molecular flexibility index (Phi) is 5.73. The summed E-state index contributed by atoms with van der Waals surface area (Å²) in [5.41, 5.74) is 3.41. The minimum Gasteiger partial charge on any atom is -0.382 e. The molecule has 0 bridgehead atoms. The van der Waals surface area contributed by atoms with Gasteiger partial charge in [0.05, 0.1) is 24.5 Å². The van der Waals surface area contributed by atoms with Crippen LogP contribution in [-0.4, -0.2) is 57.0 Å². The number of pyridine rings is 2. The summed E-state index contributed by atoms with van der Waals surface area (Å²) in [6, 6.07) is 5.90. The molecule has 4 rings (SSSR count). The summed E-state index contributed by atoms with van der Waals surface area (Å²) in [5, 5.41) is 26.1. The van der Waals surface area contributed by atoms with Crippen molar-refractivity contribution in [3.8, 4) is 23.1 Å². The molecule has 158 valence electrons. The van der Waals surface area contributed by atoms with Crippen molar-refractivity contribution in [2.45, 2.75) is 26.4 Å². The van der Waals surface area contributed by atoms with Gasteiger partial charge in [-0.05, 0) is 19.9 Å². The fourth-order valence-corrected chi connectivity index (χ4v) is 3.54. The molecule has 0 aliphatic rings. The second-order valence-corrected chi connectivity index (χ2v) is 8.89. The molecule has 4 aromatic rings. The van der Waals surface area contributed by atoms with E-state index in [2.05, 4.69) is 36.8 Å². The highest BCUT2D eigenvalue weighted by atomic mass is 32.2. The van der Waals surface area contributed by atoms with Crippen LogP contribution in [0.5, 0.6) is 0 Å². The average Bonchev–Trinajstić information content (AvgIpc) is 3.38. The molecule has 11 heteroatoms. The van der Waals surface area contributed by atoms with Crippen LogP contribution in [0.1, 0.15) is 19.4 Å². The van der Waals surface area contributed by atoms with Gasteiger partial charge in [0, 0.05) is 63.9 Å². The van der Waals surface area contributed by atoms with E-state index in [0.717, 1.165) is 16.6 Å². The van der Waals surface area contributed by atoms with E-state index in [1.54, 1.807) is 34.1 Å². The third-order valence-corrected chi connectivity index (χ3v) is 5.27. The Morgan fingerprint density at radius 2 is 2.06 bits per heavy atom. The van der Waals surface area contributed by atoms with Crippen molar-refractivity contribution in [1.82, 2.24) is 34.7 Å². The molecule has 1 unspecified atom stereocenters. The van der Waals surface area contributed by atoms with Gasteiger partial charge in [-0.25, -0.2) is 9.97 Å². The number of nitriles is 1. The Morgan fingerprint density at radius 3 is 2.81 bits per heavy atom. The van der Waals surface area contributed by atoms with E-state index in [4.69, 9.17) is 5.26 Å². The van der Waals surface area contributed by atoms with Crippen molar-refractivity contribution in [3.05, 3.63) is 42.5 Å². The molecule has 31 heavy (non-hydrogen) atoms. The molecule has 0 spiro atoms. The molecule has 0 amide bonds. The Hall–Kier alpha value is -3.65. The molecule has 4 aromatic heterocycles. The molecule has 1 atom stereocenters. The Bertz CT molecular complexity index is 1300. The third kappa shape index (κ3) is 4.44. The predicted molar refractivity (Wildman–Crippen MR) is 118 cm³/mol. The zero-order chi connectivity index (χ0) is 22.0. The number of fused-ring (bicyclic) bond motifs is 1. The standard InChI is InChI=1S/C20H21N9OS/c1-13(2)25-17-7-19(29-20-15(10-24-29)6-14(8-21)9-23-20)22-11-16(17)18-12-28(27-26-18)4-5-31(3)30/h6-7,9-13H,4-5H2,1-3H3,(H,22,25). The number of aryl methyl sites for hydroxylation is 1. The Balaban J connectivity index is 1.73. The maximum absolute atomic E-state index is 11.3. The summed E-state index contributed by atoms with van der Waals surface area (Å²) in [6.07, 6.45) is 8.40. The van der Waals surface area contributed by atoms with E-state index in [9.17, 15) is 4.21 Å². The SMILES string of the molecule is CC(C)Nc1cc(-n2ncc3cc(C#N)cnc32)ncc1-c1cn(CCS(C)=O)nn1. The van der Waals surface area contributed by atoms with E-state index in [1.807, 2.05) is 26.1 Å². The van der Waals surface area contributed by atoms with Crippen molar-refractivity contribution in [2.24, 2.45) is 0 Å². The summed E-state index contributed by atoms with van der Waals surface area (Å²) >= 11 is 0. The molecule has 4 heterocycles. The Morgan fingerprint density at radius 1 is 1.23 bits per heavy atom. The van der Waals surface area contributed by atoms with Crippen molar-refractivity contribution in [2.75, 3.05) is 17.3 Å². The monoisotopic (exact) mass is 435 g/mol. The van der Waals surface area contributed by atoms with Crippen molar-refractivity contribution >= 4 is 27.5 Å². The molecule has 0 aliphatic carbocycles. The van der Waals surface area contributed by atoms with Crippen LogP contribution < -0.4 is 5.32 Å². The van der Waals surface area contributed by atoms with Gasteiger partial charge in [0.15, 0.2) is 11.5 Å². The number of hydrogen-bond acceptors (Lipinski definition) is 8. The molecule has 0 saturated heterocycles. The highest BCUT2D eigenvalue weighted by Gasteiger charge is 2.15. The molecular weight excluding hydrogens is 414 g/mol. The summed E-state index contributed by atoms with van der Waals surface area (Å²) in [5.74, 6) is 1.11. The smallest absolute Gasteiger partial charge is 0.164 e. The van der Waals surface area contributed by atoms with Crippen LogP contribution in [0.4, 0.5) is 5.69 Å². The van der Waals surface area contributed by atoms with Gasteiger partial charge < -0.3 is 5.32 Å². The number of aromatic nitrogens is 7. The quantitative estimate of drug-likeness (QED) is 0.468. The van der Waals surface area contributed by atoms with Crippen LogP contribution in [0.15, 0.2) is 36.9 Å². The average molecular weight is 436 g/mol. The minimum absolute atomic E-state index is 0.178. The van der Waals surface area contributed by atoms with Crippen LogP contribution in [0.3, 0.4) is 0 Å². The maximum atomic E-state index is 11.3. The maximum Gasteiger partial charge on any atom is 0.164 e. The van der Waals surface area contributed by atoms with Gasteiger partial charge in [0.1, 0.15) is 11.8 Å². The van der Waals surface area contributed by atoms with Crippen LogP contribution >= 0.6 is 0 Å². The van der Waals surface area contributed by atoms with E-state index >= 15 is 0 Å². The molecule has 0 aromatic carbocycles. The van der Waals surface area contributed by atoms with Crippen LogP contribution in [-0.2, 0) is 17.3 Å². The molecule has 0 fully saturated rings. The van der Waals surface area contributed by atoms with Crippen LogP contribution in [0.25, 0.3) is 28.1 Å². The van der Waals surface area contributed by atoms with E-state index in [1.165, 1.54) is 6.20 Å². The first-order chi connectivity index (χ1) is 14.9. The second kappa shape index (κ2) is 8.61. The summed E-state index contributed by atoms with van der Waals surface area (Å²) in [6.45, 7) is 4.63. The third-order valence-electron chi connectivity index (χ3n) is 4.51. The fourth-order valence-electron chi connectivity index (χ4n) is 3.10. The minimum atomic E-state index is -0.894. The summed E-state index contributed by atoms with van der Waals surface area (Å²) in [7, 11) is -0.894. The lowest BCUT2D eigenvalue weighted by Crippen LogP contribution is -2.12. The summed E-state index contributed by atoms with van der Waals surface area (Å²) in [4.78, 5) is 8.94. The number of rotatable bonds is 7. The highest BCUT2D eigenvalue weighted by Crippen LogP contribution is 2.28. The zero-order valence-electron chi connectivity index (χ0n) is 17.3. The molecule has 0 radical (unpaired) electrons. The summed E-state index contributed by atoms with van der Waals surface area (Å²) < 4.78 is 14.7. The van der Waals surface area contributed by atoms with Crippen molar-refractivity contribution < 1.29 is 4.21 Å². The van der Waals surface area contributed by atoms with Crippen molar-refractivity contribution in [1.29, 1.82) is 5.26 Å². The molecule has 10 nitrogen and oxygen atoms in total. The fraction of sp³-hybridized carbons (Fsp3) is 0.300. The van der Waals surface area contributed by atoms with Gasteiger partial charge in [-0.1, -0.05) is 5.21 Å². The first kappa shape index (κ1) is 20.6. The normalized spacial score (nSPS) is 12.2. The number of anilines is 1.